The number of aliphatic hydroxyl groups is 5. The molecule has 7 atom stereocenters. The summed E-state index contributed by atoms with van der Waals surface area (Å²) in [6.07, 6.45) is 43.3. The lowest BCUT2D eigenvalue weighted by Crippen LogP contribution is -2.60. The van der Waals surface area contributed by atoms with E-state index in [-0.39, 0.29) is 12.5 Å². The number of hydrogen-bond acceptors (Lipinski definition) is 8. The first-order valence-electron chi connectivity index (χ1n) is 22.6. The molecule has 0 aromatic rings. The Morgan fingerprint density at radius 2 is 1.09 bits per heavy atom. The van der Waals surface area contributed by atoms with Gasteiger partial charge in [-0.15, -0.1) is 0 Å². The van der Waals surface area contributed by atoms with Gasteiger partial charge in [0.05, 0.1) is 25.4 Å². The predicted molar refractivity (Wildman–Crippen MR) is 235 cm³/mol. The van der Waals surface area contributed by atoms with Crippen LogP contribution in [0.25, 0.3) is 0 Å². The summed E-state index contributed by atoms with van der Waals surface area (Å²) in [5.74, 6) is -0.190. The molecule has 1 fully saturated rings. The Kier molecular flexibility index (Phi) is 35.0. The lowest BCUT2D eigenvalue weighted by atomic mass is 9.99. The monoisotopic (exact) mass is 802 g/mol. The normalized spacial score (nSPS) is 21.7. The minimum Gasteiger partial charge on any atom is -0.394 e. The van der Waals surface area contributed by atoms with Crippen LogP contribution in [0.3, 0.4) is 0 Å². The fourth-order valence-electron chi connectivity index (χ4n) is 6.69. The first-order valence-corrected chi connectivity index (χ1v) is 22.6. The molecule has 7 unspecified atom stereocenters. The van der Waals surface area contributed by atoms with Gasteiger partial charge in [-0.1, -0.05) is 170 Å². The molecule has 1 amide bonds. The maximum atomic E-state index is 13.0. The first kappa shape index (κ1) is 52.6. The summed E-state index contributed by atoms with van der Waals surface area (Å²) in [4.78, 5) is 13.0. The lowest BCUT2D eigenvalue weighted by molar-refractivity contribution is -0.302. The van der Waals surface area contributed by atoms with Crippen molar-refractivity contribution in [2.75, 3.05) is 13.2 Å². The number of carbonyl (C=O) groups is 1. The predicted octanol–water partition coefficient (Wildman–Crippen LogP) is 9.39. The number of rotatable bonds is 36. The van der Waals surface area contributed by atoms with E-state index in [1.165, 1.54) is 64.2 Å². The number of amides is 1. The largest absolute Gasteiger partial charge is 0.394 e. The molecule has 0 aromatic heterocycles. The number of aliphatic hydroxyl groups excluding tert-OH is 5. The van der Waals surface area contributed by atoms with Crippen molar-refractivity contribution < 1.29 is 39.8 Å². The summed E-state index contributed by atoms with van der Waals surface area (Å²) in [5.41, 5.74) is 0. The smallest absolute Gasteiger partial charge is 0.220 e. The van der Waals surface area contributed by atoms with Crippen molar-refractivity contribution in [1.29, 1.82) is 0 Å². The van der Waals surface area contributed by atoms with Crippen LogP contribution in [0.1, 0.15) is 168 Å². The molecular formula is C48H83NO8. The van der Waals surface area contributed by atoms with Gasteiger partial charge in [-0.3, -0.25) is 4.79 Å². The van der Waals surface area contributed by atoms with E-state index >= 15 is 0 Å². The van der Waals surface area contributed by atoms with Crippen molar-refractivity contribution in [1.82, 2.24) is 5.32 Å². The summed E-state index contributed by atoms with van der Waals surface area (Å²) in [6.45, 7) is 3.67. The van der Waals surface area contributed by atoms with Crippen molar-refractivity contribution in [3.8, 4) is 0 Å². The number of hydrogen-bond donors (Lipinski definition) is 6. The molecule has 0 spiro atoms. The highest BCUT2D eigenvalue weighted by molar-refractivity contribution is 5.76. The van der Waals surface area contributed by atoms with Crippen LogP contribution in [-0.2, 0) is 14.3 Å². The highest BCUT2D eigenvalue weighted by atomic mass is 16.7. The molecule has 1 saturated heterocycles. The van der Waals surface area contributed by atoms with Crippen molar-refractivity contribution in [3.05, 3.63) is 72.9 Å². The van der Waals surface area contributed by atoms with Gasteiger partial charge in [0.25, 0.3) is 0 Å². The van der Waals surface area contributed by atoms with Crippen LogP contribution < -0.4 is 5.32 Å². The summed E-state index contributed by atoms with van der Waals surface area (Å²) in [5, 5.41) is 54.3. The number of carbonyl (C=O) groups excluding carboxylic acids is 1. The SMILES string of the molecule is CC/C=C\C/C=C\C/C=C\C/C=C\C/C=C\C/C=C\CCCCC(=O)NC(COC1OC(CO)C(O)C(O)C1O)C(O)CCCCCCCCCCCCCCC. The van der Waals surface area contributed by atoms with E-state index in [0.29, 0.717) is 19.3 Å². The Morgan fingerprint density at radius 1 is 0.614 bits per heavy atom. The molecule has 9 nitrogen and oxygen atoms in total. The lowest BCUT2D eigenvalue weighted by Gasteiger charge is -2.40. The van der Waals surface area contributed by atoms with Crippen LogP contribution in [0, 0.1) is 0 Å². The molecule has 9 heteroatoms. The summed E-state index contributed by atoms with van der Waals surface area (Å²) in [7, 11) is 0. The highest BCUT2D eigenvalue weighted by Gasteiger charge is 2.44. The molecule has 0 saturated carbocycles. The summed E-state index contributed by atoms with van der Waals surface area (Å²) in [6, 6.07) is -0.745. The second-order valence-electron chi connectivity index (χ2n) is 15.5. The molecule has 1 rings (SSSR count). The zero-order valence-corrected chi connectivity index (χ0v) is 35.8. The third-order valence-electron chi connectivity index (χ3n) is 10.3. The number of allylic oxidation sites excluding steroid dienone is 12. The number of ether oxygens (including phenoxy) is 2. The van der Waals surface area contributed by atoms with Gasteiger partial charge >= 0.3 is 0 Å². The van der Waals surface area contributed by atoms with Gasteiger partial charge in [0, 0.05) is 6.42 Å². The van der Waals surface area contributed by atoms with E-state index in [9.17, 15) is 30.3 Å². The fraction of sp³-hybridized carbons (Fsp3) is 0.729. The second-order valence-corrected chi connectivity index (χ2v) is 15.5. The minimum atomic E-state index is -1.56. The van der Waals surface area contributed by atoms with E-state index in [0.717, 1.165) is 70.6 Å². The van der Waals surface area contributed by atoms with Gasteiger partial charge in [0.2, 0.25) is 5.91 Å². The second kappa shape index (κ2) is 37.9. The van der Waals surface area contributed by atoms with Gasteiger partial charge in [-0.2, -0.15) is 0 Å². The van der Waals surface area contributed by atoms with Gasteiger partial charge < -0.3 is 40.3 Å². The zero-order valence-electron chi connectivity index (χ0n) is 35.8. The summed E-state index contributed by atoms with van der Waals surface area (Å²) < 4.78 is 11.2. The van der Waals surface area contributed by atoms with Crippen molar-refractivity contribution in [2.24, 2.45) is 0 Å². The van der Waals surface area contributed by atoms with Crippen molar-refractivity contribution in [3.63, 3.8) is 0 Å². The quantitative estimate of drug-likeness (QED) is 0.0271. The number of nitrogens with one attached hydrogen (secondary N) is 1. The zero-order chi connectivity index (χ0) is 41.6. The third kappa shape index (κ3) is 28.7. The average molecular weight is 802 g/mol. The van der Waals surface area contributed by atoms with Crippen LogP contribution in [0.15, 0.2) is 72.9 Å². The Morgan fingerprint density at radius 3 is 1.58 bits per heavy atom. The minimum absolute atomic E-state index is 0.160. The van der Waals surface area contributed by atoms with Crippen LogP contribution in [0.5, 0.6) is 0 Å². The van der Waals surface area contributed by atoms with Crippen molar-refractivity contribution in [2.45, 2.75) is 211 Å². The fourth-order valence-corrected chi connectivity index (χ4v) is 6.69. The Labute approximate surface area is 347 Å². The molecule has 1 aliphatic heterocycles. The van der Waals surface area contributed by atoms with E-state index in [2.05, 4.69) is 92.1 Å². The molecule has 6 N–H and O–H groups in total. The third-order valence-corrected chi connectivity index (χ3v) is 10.3. The Hall–Kier alpha value is -2.37. The molecule has 0 radical (unpaired) electrons. The average Bonchev–Trinajstić information content (AvgIpc) is 3.21. The standard InChI is InChI=1S/C48H83NO8/c1-3-5-7-9-11-13-15-17-18-19-20-21-22-23-24-26-28-30-32-34-36-38-44(52)49-41(40-56-48-47(55)46(54)45(53)43(39-50)57-48)42(51)37-35-33-31-29-27-25-16-14-12-10-8-6-4-2/h5,7,11,13,17-18,20-21,23-24,28,30,41-43,45-48,50-51,53-55H,3-4,6,8-10,12,14-16,19,22,25-27,29,31-40H2,1-2H3,(H,49,52)/b7-5-,13-11-,18-17-,21-20-,24-23-,30-28-. The van der Waals surface area contributed by atoms with E-state index in [1.807, 2.05) is 0 Å². The maximum Gasteiger partial charge on any atom is 0.220 e. The molecule has 0 bridgehead atoms. The molecule has 57 heavy (non-hydrogen) atoms. The van der Waals surface area contributed by atoms with Crippen LogP contribution in [0.4, 0.5) is 0 Å². The van der Waals surface area contributed by atoms with Crippen molar-refractivity contribution >= 4 is 5.91 Å². The summed E-state index contributed by atoms with van der Waals surface area (Å²) >= 11 is 0. The van der Waals surface area contributed by atoms with Gasteiger partial charge in [-0.05, 0) is 64.2 Å². The molecule has 1 aliphatic rings. The Balaban J connectivity index is 2.38. The molecule has 1 heterocycles. The van der Waals surface area contributed by atoms with E-state index in [4.69, 9.17) is 9.47 Å². The van der Waals surface area contributed by atoms with Gasteiger partial charge in [0.15, 0.2) is 6.29 Å². The Bertz CT molecular complexity index is 1120. The van der Waals surface area contributed by atoms with Gasteiger partial charge in [-0.25, -0.2) is 0 Å². The maximum absolute atomic E-state index is 13.0. The molecule has 0 aromatic carbocycles. The van der Waals surface area contributed by atoms with Crippen LogP contribution in [0.2, 0.25) is 0 Å². The van der Waals surface area contributed by atoms with Crippen LogP contribution >= 0.6 is 0 Å². The van der Waals surface area contributed by atoms with Gasteiger partial charge in [0.1, 0.15) is 24.4 Å². The molecule has 0 aliphatic carbocycles. The highest BCUT2D eigenvalue weighted by Crippen LogP contribution is 2.23. The molecular weight excluding hydrogens is 719 g/mol. The topological polar surface area (TPSA) is 149 Å². The van der Waals surface area contributed by atoms with E-state index in [1.54, 1.807) is 0 Å². The number of unbranched alkanes of at least 4 members (excludes halogenated alkanes) is 14. The molecule has 328 valence electrons. The van der Waals surface area contributed by atoms with Crippen LogP contribution in [-0.4, -0.2) is 87.5 Å². The van der Waals surface area contributed by atoms with E-state index < -0.39 is 49.5 Å². The first-order chi connectivity index (χ1) is 27.8.